The van der Waals surface area contributed by atoms with Crippen molar-refractivity contribution in [2.75, 3.05) is 20.1 Å². The Balaban J connectivity index is 1.78. The third-order valence-corrected chi connectivity index (χ3v) is 4.49. The van der Waals surface area contributed by atoms with Crippen LogP contribution in [0.2, 0.25) is 0 Å². The molecule has 1 aromatic rings. The van der Waals surface area contributed by atoms with Gasteiger partial charge in [0.2, 0.25) is 11.8 Å². The highest BCUT2D eigenvalue weighted by atomic mass is 79.9. The fourth-order valence-corrected chi connectivity index (χ4v) is 3.13. The first-order chi connectivity index (χ1) is 10.9. The maximum absolute atomic E-state index is 12.0. The maximum atomic E-state index is 12.0. The number of carbonyl (C=O) groups excluding carboxylic acids is 3. The Kier molecular flexibility index (Phi) is 5.76. The summed E-state index contributed by atoms with van der Waals surface area (Å²) < 4.78 is 0.948. The molecule has 23 heavy (non-hydrogen) atoms. The molecule has 0 saturated carbocycles. The van der Waals surface area contributed by atoms with Gasteiger partial charge >= 0.3 is 6.03 Å². The Morgan fingerprint density at radius 3 is 2.65 bits per heavy atom. The molecular formula is C16H20BrN3O3. The topological polar surface area (TPSA) is 69.7 Å². The molecule has 1 heterocycles. The molecule has 1 atom stereocenters. The van der Waals surface area contributed by atoms with Crippen LogP contribution in [0.4, 0.5) is 4.79 Å². The summed E-state index contributed by atoms with van der Waals surface area (Å²) in [5.74, 6) is -0.305. The van der Waals surface area contributed by atoms with Gasteiger partial charge in [0.25, 0.3) is 0 Å². The number of amides is 4. The van der Waals surface area contributed by atoms with Crippen LogP contribution in [-0.2, 0) is 9.59 Å². The molecule has 1 aliphatic rings. The van der Waals surface area contributed by atoms with Crippen LogP contribution in [0.15, 0.2) is 28.7 Å². The number of hydrogen-bond acceptors (Lipinski definition) is 3. The van der Waals surface area contributed by atoms with Crippen LogP contribution in [-0.4, -0.2) is 47.8 Å². The molecule has 0 radical (unpaired) electrons. The van der Waals surface area contributed by atoms with Gasteiger partial charge in [-0.05, 0) is 25.0 Å². The quantitative estimate of drug-likeness (QED) is 0.768. The van der Waals surface area contributed by atoms with Gasteiger partial charge in [-0.3, -0.25) is 14.5 Å². The van der Waals surface area contributed by atoms with Gasteiger partial charge < -0.3 is 10.2 Å². The van der Waals surface area contributed by atoms with E-state index in [2.05, 4.69) is 21.2 Å². The van der Waals surface area contributed by atoms with Gasteiger partial charge in [-0.15, -0.1) is 0 Å². The molecule has 7 heteroatoms. The second-order valence-electron chi connectivity index (χ2n) is 5.60. The van der Waals surface area contributed by atoms with Gasteiger partial charge in [0.1, 0.15) is 6.54 Å². The zero-order valence-electron chi connectivity index (χ0n) is 13.2. The van der Waals surface area contributed by atoms with E-state index in [1.165, 1.54) is 9.80 Å². The van der Waals surface area contributed by atoms with Crippen molar-refractivity contribution in [3.8, 4) is 0 Å². The molecule has 1 aliphatic heterocycles. The summed E-state index contributed by atoms with van der Waals surface area (Å²) in [7, 11) is 1.59. The summed E-state index contributed by atoms with van der Waals surface area (Å²) in [5.41, 5.74) is 1.01. The van der Waals surface area contributed by atoms with E-state index >= 15 is 0 Å². The molecule has 6 nitrogen and oxygen atoms in total. The zero-order valence-corrected chi connectivity index (χ0v) is 14.8. The zero-order chi connectivity index (χ0) is 17.0. The highest BCUT2D eigenvalue weighted by Crippen LogP contribution is 2.22. The maximum Gasteiger partial charge on any atom is 0.326 e. The average Bonchev–Trinajstić information content (AvgIpc) is 2.73. The van der Waals surface area contributed by atoms with Gasteiger partial charge in [-0.1, -0.05) is 34.1 Å². The van der Waals surface area contributed by atoms with Crippen molar-refractivity contribution in [2.45, 2.75) is 25.8 Å². The SMILES string of the molecule is CC(NC(=O)CCCN1C(=O)CN(C)C1=O)c1ccccc1Br. The summed E-state index contributed by atoms with van der Waals surface area (Å²) in [5, 5.41) is 2.93. The largest absolute Gasteiger partial charge is 0.350 e. The van der Waals surface area contributed by atoms with Gasteiger partial charge in [-0.2, -0.15) is 0 Å². The van der Waals surface area contributed by atoms with Crippen LogP contribution in [0, 0.1) is 0 Å². The Labute approximate surface area is 143 Å². The Bertz CT molecular complexity index is 620. The molecule has 2 rings (SSSR count). The number of halogens is 1. The van der Waals surface area contributed by atoms with Crippen molar-refractivity contribution >= 4 is 33.8 Å². The predicted molar refractivity (Wildman–Crippen MR) is 89.7 cm³/mol. The van der Waals surface area contributed by atoms with E-state index in [0.29, 0.717) is 6.42 Å². The first kappa shape index (κ1) is 17.5. The van der Waals surface area contributed by atoms with Crippen molar-refractivity contribution in [2.24, 2.45) is 0 Å². The second kappa shape index (κ2) is 7.59. The van der Waals surface area contributed by atoms with Crippen LogP contribution in [0.3, 0.4) is 0 Å². The lowest BCUT2D eigenvalue weighted by atomic mass is 10.1. The third-order valence-electron chi connectivity index (χ3n) is 3.77. The van der Waals surface area contributed by atoms with E-state index < -0.39 is 0 Å². The van der Waals surface area contributed by atoms with Gasteiger partial charge in [0.15, 0.2) is 0 Å². The summed E-state index contributed by atoms with van der Waals surface area (Å²) in [6, 6.07) is 7.31. The molecule has 124 valence electrons. The fourth-order valence-electron chi connectivity index (χ4n) is 2.50. The summed E-state index contributed by atoms with van der Waals surface area (Å²) >= 11 is 3.47. The van der Waals surface area contributed by atoms with Crippen molar-refractivity contribution in [1.29, 1.82) is 0 Å². The average molecular weight is 382 g/mol. The number of benzene rings is 1. The molecular weight excluding hydrogens is 362 g/mol. The summed E-state index contributed by atoms with van der Waals surface area (Å²) in [6.45, 7) is 2.31. The number of likely N-dealkylation sites (N-methyl/N-ethyl adjacent to an activating group) is 1. The minimum Gasteiger partial charge on any atom is -0.350 e. The van der Waals surface area contributed by atoms with Crippen LogP contribution in [0.5, 0.6) is 0 Å². The van der Waals surface area contributed by atoms with E-state index in [9.17, 15) is 14.4 Å². The molecule has 1 fully saturated rings. The molecule has 0 aromatic heterocycles. The van der Waals surface area contributed by atoms with Crippen LogP contribution in [0.1, 0.15) is 31.4 Å². The number of rotatable bonds is 6. The first-order valence-electron chi connectivity index (χ1n) is 7.49. The van der Waals surface area contributed by atoms with Crippen LogP contribution in [0.25, 0.3) is 0 Å². The predicted octanol–water partition coefficient (Wildman–Crippen LogP) is 2.30. The minimum atomic E-state index is -0.294. The number of carbonyl (C=O) groups is 3. The van der Waals surface area contributed by atoms with Gasteiger partial charge in [0.05, 0.1) is 6.04 Å². The molecule has 1 N–H and O–H groups in total. The number of nitrogens with zero attached hydrogens (tertiary/aromatic N) is 2. The second-order valence-corrected chi connectivity index (χ2v) is 6.45. The van der Waals surface area contributed by atoms with Crippen molar-refractivity contribution in [3.05, 3.63) is 34.3 Å². The number of imide groups is 1. The van der Waals surface area contributed by atoms with E-state index in [1.54, 1.807) is 7.05 Å². The highest BCUT2D eigenvalue weighted by Gasteiger charge is 2.32. The lowest BCUT2D eigenvalue weighted by Crippen LogP contribution is -2.33. The van der Waals surface area contributed by atoms with E-state index in [-0.39, 0.29) is 43.4 Å². The van der Waals surface area contributed by atoms with Crippen molar-refractivity contribution in [1.82, 2.24) is 15.1 Å². The van der Waals surface area contributed by atoms with Crippen molar-refractivity contribution < 1.29 is 14.4 Å². The number of hydrogen-bond donors (Lipinski definition) is 1. The van der Waals surface area contributed by atoms with E-state index in [4.69, 9.17) is 0 Å². The van der Waals surface area contributed by atoms with Crippen molar-refractivity contribution in [3.63, 3.8) is 0 Å². The van der Waals surface area contributed by atoms with Crippen LogP contribution < -0.4 is 5.32 Å². The minimum absolute atomic E-state index is 0.0966. The lowest BCUT2D eigenvalue weighted by Gasteiger charge is -2.17. The van der Waals surface area contributed by atoms with Gasteiger partial charge in [-0.25, -0.2) is 4.79 Å². The first-order valence-corrected chi connectivity index (χ1v) is 8.28. The molecule has 0 spiro atoms. The third kappa shape index (κ3) is 4.31. The number of nitrogens with one attached hydrogen (secondary N) is 1. The molecule has 4 amide bonds. The van der Waals surface area contributed by atoms with E-state index in [1.807, 2.05) is 31.2 Å². The summed E-state index contributed by atoms with van der Waals surface area (Å²) in [6.07, 6.45) is 0.732. The molecule has 1 saturated heterocycles. The Hall–Kier alpha value is -1.89. The highest BCUT2D eigenvalue weighted by molar-refractivity contribution is 9.10. The normalized spacial score (nSPS) is 16.0. The Morgan fingerprint density at radius 1 is 1.35 bits per heavy atom. The fraction of sp³-hybridized carbons (Fsp3) is 0.438. The molecule has 0 bridgehead atoms. The molecule has 1 aromatic carbocycles. The standard InChI is InChI=1S/C16H20BrN3O3/c1-11(12-6-3-4-7-13(12)17)18-14(21)8-5-9-20-15(22)10-19(2)16(20)23/h3-4,6-7,11H,5,8-10H2,1-2H3,(H,18,21). The van der Waals surface area contributed by atoms with Crippen LogP contribution >= 0.6 is 15.9 Å². The van der Waals surface area contributed by atoms with Gasteiger partial charge in [0, 0.05) is 24.5 Å². The Morgan fingerprint density at radius 2 is 2.04 bits per heavy atom. The summed E-state index contributed by atoms with van der Waals surface area (Å²) in [4.78, 5) is 37.9. The number of urea groups is 1. The monoisotopic (exact) mass is 381 g/mol. The lowest BCUT2D eigenvalue weighted by molar-refractivity contribution is -0.126. The molecule has 1 unspecified atom stereocenters. The smallest absolute Gasteiger partial charge is 0.326 e. The molecule has 0 aliphatic carbocycles. The van der Waals surface area contributed by atoms with E-state index in [0.717, 1.165) is 10.0 Å².